The van der Waals surface area contributed by atoms with Crippen LogP contribution in [0.2, 0.25) is 15.1 Å². The number of halogens is 18. The molecule has 0 heterocycles. The van der Waals surface area contributed by atoms with Crippen molar-refractivity contribution >= 4 is 94.9 Å². The summed E-state index contributed by atoms with van der Waals surface area (Å²) in [5.41, 5.74) is -5.17. The maximum absolute atomic E-state index is 14.2. The molecule has 6 aromatic rings. The van der Waals surface area contributed by atoms with E-state index < -0.39 is 190 Å². The van der Waals surface area contributed by atoms with E-state index in [2.05, 4.69) is 28.3 Å². The molecule has 0 aliphatic rings. The van der Waals surface area contributed by atoms with Gasteiger partial charge in [0.25, 0.3) is 32.1 Å². The third-order valence-corrected chi connectivity index (χ3v) is 28.2. The van der Waals surface area contributed by atoms with E-state index in [0.29, 0.717) is 16.7 Å². The summed E-state index contributed by atoms with van der Waals surface area (Å²) >= 11 is 17.7. The number of rotatable bonds is 26. The second-order valence-corrected chi connectivity index (χ2v) is 45.1. The molecule has 0 fully saturated rings. The summed E-state index contributed by atoms with van der Waals surface area (Å²) in [6.45, 7) is 44.6. The van der Waals surface area contributed by atoms with E-state index in [9.17, 15) is 116 Å². The monoisotopic (exact) mass is 1940 g/mol. The van der Waals surface area contributed by atoms with Gasteiger partial charge in [0.15, 0.2) is 5.82 Å². The van der Waals surface area contributed by atoms with Crippen molar-refractivity contribution in [1.29, 1.82) is 0 Å². The maximum atomic E-state index is 14.2. The van der Waals surface area contributed by atoms with E-state index in [1.54, 1.807) is 187 Å². The van der Waals surface area contributed by atoms with E-state index in [4.69, 9.17) is 34.8 Å². The van der Waals surface area contributed by atoms with Gasteiger partial charge in [-0.05, 0) is 215 Å². The molecule has 6 N–H and O–H groups in total. The number of benzene rings is 6. The van der Waals surface area contributed by atoms with Gasteiger partial charge in [0, 0.05) is 51.4 Å². The lowest BCUT2D eigenvalue weighted by atomic mass is 9.97. The first-order chi connectivity index (χ1) is 55.2. The van der Waals surface area contributed by atoms with Gasteiger partial charge < -0.3 is 0 Å². The van der Waals surface area contributed by atoms with Crippen molar-refractivity contribution in [3.63, 3.8) is 0 Å². The number of hydrogen-bond donors (Lipinski definition) is 6. The number of hydrogen-bond acceptors (Lipinski definition) is 12. The van der Waals surface area contributed by atoms with Crippen molar-refractivity contribution in [3.05, 3.63) is 172 Å². The Morgan fingerprint density at radius 1 is 0.276 bits per heavy atom. The lowest BCUT2D eigenvalue weighted by molar-refractivity contribution is -0.139. The van der Waals surface area contributed by atoms with E-state index in [-0.39, 0.29) is 84.5 Å². The lowest BCUT2D eigenvalue weighted by Gasteiger charge is -2.23. The summed E-state index contributed by atoms with van der Waals surface area (Å²) in [7, 11) is -24.3. The molecule has 6 rings (SSSR count). The smallest absolute Gasteiger partial charge is 0.209 e. The van der Waals surface area contributed by atoms with Crippen LogP contribution < -0.4 is 28.3 Å². The van der Waals surface area contributed by atoms with E-state index >= 15 is 0 Å². The van der Waals surface area contributed by atoms with E-state index in [0.717, 1.165) is 24.3 Å². The Morgan fingerprint density at radius 2 is 0.545 bits per heavy atom. The fourth-order valence-corrected chi connectivity index (χ4v) is 21.9. The van der Waals surface area contributed by atoms with Gasteiger partial charge in [-0.1, -0.05) is 154 Å². The Bertz CT molecular complexity index is 5190. The fraction of sp³-hybridized carbons (Fsp3) is 0.556. The van der Waals surface area contributed by atoms with Gasteiger partial charge in [-0.2, -0.15) is 13.2 Å². The minimum atomic E-state index is -4.87. The van der Waals surface area contributed by atoms with Crippen LogP contribution in [-0.2, 0) is 66.3 Å². The second-order valence-electron chi connectivity index (χ2n) is 34.0. The quantitative estimate of drug-likeness (QED) is 0.0277. The normalized spacial score (nSPS) is 13.1. The summed E-state index contributed by atoms with van der Waals surface area (Å²) < 4.78 is 359. The summed E-state index contributed by atoms with van der Waals surface area (Å²) in [5, 5.41) is -1.38. The molecule has 702 valence electrons. The van der Waals surface area contributed by atoms with E-state index in [1.165, 1.54) is 54.6 Å². The Morgan fingerprint density at radius 3 is 0.862 bits per heavy atom. The first kappa shape index (κ1) is 116. The van der Waals surface area contributed by atoms with Gasteiger partial charge in [0.05, 0.1) is 46.4 Å². The van der Waals surface area contributed by atoms with Crippen LogP contribution in [0.1, 0.15) is 321 Å². The summed E-state index contributed by atoms with van der Waals surface area (Å²) in [6, 6.07) is 15.0. The average molecular weight is 1950 g/mol. The molecule has 0 spiro atoms. The zero-order chi connectivity index (χ0) is 96.8. The SMILES string of the molecule is CC(C)NS(=O)(=O)c1ccc(C(C)C)c(C(F)F)c1.CC(C)NS(=O)(=O)c1ccc(C(C)C)c(C(F)F)c1Cl.CC(C)NS(=O)(=O)c1ccc(C(C)C)c(C(F)F)c1F.CC(C)c1ccc(S(=O)(=O)NC(C)(C)C)c(C(F)(F)F)c1Cl.CC(C)c1ccc(S(=O)(=O)NC(C)(C)C)c(C(F)F)c1F.CC(C)c1ccc(S(=O)(=O)NC(C)(C)C)c(Cl)c1C(F)F. The van der Waals surface area contributed by atoms with Crippen molar-refractivity contribution in [1.82, 2.24) is 28.3 Å². The molecule has 0 saturated heterocycles. The minimum Gasteiger partial charge on any atom is -0.209 e. The largest absolute Gasteiger partial charge is 0.419 e. The van der Waals surface area contributed by atoms with Gasteiger partial charge in [0.1, 0.15) is 20.5 Å². The Hall–Kier alpha value is -5.40. The van der Waals surface area contributed by atoms with Crippen molar-refractivity contribution in [2.75, 3.05) is 0 Å². The highest BCUT2D eigenvalue weighted by Crippen LogP contribution is 2.45. The highest BCUT2D eigenvalue weighted by Gasteiger charge is 2.42. The fourth-order valence-electron chi connectivity index (χ4n) is 11.5. The zero-order valence-electron chi connectivity index (χ0n) is 73.2. The van der Waals surface area contributed by atoms with Crippen molar-refractivity contribution in [2.24, 2.45) is 0 Å². The van der Waals surface area contributed by atoms with Crippen LogP contribution in [0.4, 0.5) is 65.9 Å². The van der Waals surface area contributed by atoms with Gasteiger partial charge >= 0.3 is 6.18 Å². The molecule has 0 unspecified atom stereocenters. The van der Waals surface area contributed by atoms with Gasteiger partial charge in [-0.25, -0.2) is 132 Å². The topological polar surface area (TPSA) is 277 Å². The molecule has 0 aromatic heterocycles. The molecule has 0 bridgehead atoms. The highest BCUT2D eigenvalue weighted by molar-refractivity contribution is 7.91. The van der Waals surface area contributed by atoms with Crippen molar-refractivity contribution in [2.45, 2.75) is 325 Å². The minimum absolute atomic E-state index is 0.0695. The average Bonchev–Trinajstić information content (AvgIpc) is 0.757. The molecule has 0 saturated carbocycles. The molecule has 0 atom stereocenters. The first-order valence-corrected chi connectivity index (χ1v) is 48.2. The van der Waals surface area contributed by atoms with Crippen LogP contribution in [-0.4, -0.2) is 85.2 Å². The molecule has 18 nitrogen and oxygen atoms in total. The van der Waals surface area contributed by atoms with Crippen LogP contribution in [0, 0.1) is 11.6 Å². The Balaban J connectivity index is 0.000000738. The van der Waals surface area contributed by atoms with Crippen LogP contribution >= 0.6 is 34.8 Å². The van der Waals surface area contributed by atoms with Crippen molar-refractivity contribution < 1.29 is 116 Å². The van der Waals surface area contributed by atoms with E-state index in [1.807, 2.05) is 0 Å². The van der Waals surface area contributed by atoms with Gasteiger partial charge in [-0.3, -0.25) is 0 Å². The van der Waals surface area contributed by atoms with Crippen molar-refractivity contribution in [3.8, 4) is 0 Å². The molecular weight excluding hydrogens is 1830 g/mol. The summed E-state index contributed by atoms with van der Waals surface area (Å²) in [6.07, 6.45) is -19.5. The number of sulfonamides is 6. The van der Waals surface area contributed by atoms with Crippen LogP contribution in [0.25, 0.3) is 0 Å². The molecule has 6 aromatic carbocycles. The predicted molar refractivity (Wildman–Crippen MR) is 455 cm³/mol. The second kappa shape index (κ2) is 45.7. The van der Waals surface area contributed by atoms with Crippen LogP contribution in [0.15, 0.2) is 108 Å². The number of nitrogens with one attached hydrogen (secondary N) is 6. The Kier molecular flexibility index (Phi) is 43.0. The molecule has 0 aliphatic carbocycles. The maximum Gasteiger partial charge on any atom is 0.419 e. The lowest BCUT2D eigenvalue weighted by Crippen LogP contribution is -2.41. The third-order valence-electron chi connectivity index (χ3n) is 16.3. The molecule has 42 heteroatoms. The molecular formula is C81H114Cl3F15N6O12S6. The van der Waals surface area contributed by atoms with Crippen LogP contribution in [0.3, 0.4) is 0 Å². The van der Waals surface area contributed by atoms with Crippen LogP contribution in [0.5, 0.6) is 0 Å². The van der Waals surface area contributed by atoms with Gasteiger partial charge in [0.2, 0.25) is 60.1 Å². The first-order valence-electron chi connectivity index (χ1n) is 38.1. The van der Waals surface area contributed by atoms with Gasteiger partial charge in [-0.15, -0.1) is 0 Å². The molecule has 0 aliphatic heterocycles. The molecule has 0 radical (unpaired) electrons. The summed E-state index contributed by atoms with van der Waals surface area (Å²) in [5.74, 6) is -3.89. The third kappa shape index (κ3) is 34.2. The standard InChI is InChI=1S/C14H19ClF3NO2S.C14H20ClF2NO2S.C14H20F3NO2S.C13H18ClF2NO2S.C13H18F3NO2S.C13H19F2NO2S/c1-8(2)9-6-7-10(11(12(9)15)14(16,17)18)22(20,21)19-13(3,4)5;1-8(2)9-6-7-10(12(15)11(9)13(16)17)21(19,20)18-14(3,4)5;1-8(2)9-6-7-10(11(12(9)15)13(16)17)21(19,20)18-14(3,4)5;2*1-7(2)9-5-6-10(12(14)11(9)13(15)16)20(18,19)17-8(3)4;1-8(2)11-6-5-10(7-12(11)13(14)15)19(17,18)16-9(3)4/h6-8,19H,1-5H3;2*6-8,13,18H,1-5H3;2*5-8,13,17H,1-4H3;5-9,13,16H,1-4H3. The molecule has 0 amide bonds. The zero-order valence-corrected chi connectivity index (χ0v) is 80.4. The summed E-state index contributed by atoms with van der Waals surface area (Å²) in [4.78, 5) is -3.07. The predicted octanol–water partition coefficient (Wildman–Crippen LogP) is 24.1. The number of alkyl halides is 13. The highest BCUT2D eigenvalue weighted by atomic mass is 35.5. The Labute approximate surface area is 731 Å². The molecule has 123 heavy (non-hydrogen) atoms.